The van der Waals surface area contributed by atoms with Gasteiger partial charge in [-0.3, -0.25) is 9.69 Å². The van der Waals surface area contributed by atoms with Gasteiger partial charge in [0, 0.05) is 18.6 Å². The van der Waals surface area contributed by atoms with Crippen LogP contribution in [0.15, 0.2) is 0 Å². The van der Waals surface area contributed by atoms with Crippen LogP contribution in [0.3, 0.4) is 0 Å². The number of carbonyl (C=O) groups is 1. The van der Waals surface area contributed by atoms with Crippen molar-refractivity contribution in [3.8, 4) is 0 Å². The van der Waals surface area contributed by atoms with Crippen molar-refractivity contribution < 1.29 is 9.53 Å². The third-order valence-electron chi connectivity index (χ3n) is 4.00. The van der Waals surface area contributed by atoms with Gasteiger partial charge in [0.2, 0.25) is 0 Å². The molecule has 0 aromatic heterocycles. The molecule has 1 saturated heterocycles. The lowest BCUT2D eigenvalue weighted by molar-refractivity contribution is -0.147. The summed E-state index contributed by atoms with van der Waals surface area (Å²) in [5.41, 5.74) is 0. The summed E-state index contributed by atoms with van der Waals surface area (Å²) >= 11 is 0. The molecular formula is C14H28N2O2. The molecule has 0 aromatic rings. The largest absolute Gasteiger partial charge is 0.469 e. The first kappa shape index (κ1) is 15.4. The van der Waals surface area contributed by atoms with Crippen LogP contribution in [0.25, 0.3) is 0 Å². The highest BCUT2D eigenvalue weighted by Gasteiger charge is 2.28. The highest BCUT2D eigenvalue weighted by molar-refractivity contribution is 5.72. The maximum absolute atomic E-state index is 11.6. The van der Waals surface area contributed by atoms with Gasteiger partial charge in [-0.15, -0.1) is 0 Å². The zero-order chi connectivity index (χ0) is 13.5. The number of methoxy groups -OCH3 is 1. The SMILES string of the molecule is CCCN(CC1CCCN1)C(C)C(C)C(=O)OC. The molecule has 0 aromatic carbocycles. The minimum absolute atomic E-state index is 0.0667. The summed E-state index contributed by atoms with van der Waals surface area (Å²) in [5, 5.41) is 3.52. The van der Waals surface area contributed by atoms with Crippen LogP contribution < -0.4 is 5.32 Å². The number of carbonyl (C=O) groups excluding carboxylic acids is 1. The second-order valence-electron chi connectivity index (χ2n) is 5.34. The van der Waals surface area contributed by atoms with E-state index in [0.29, 0.717) is 6.04 Å². The zero-order valence-corrected chi connectivity index (χ0v) is 12.2. The highest BCUT2D eigenvalue weighted by atomic mass is 16.5. The van der Waals surface area contributed by atoms with Crippen LogP contribution in [0.5, 0.6) is 0 Å². The van der Waals surface area contributed by atoms with E-state index in [1.807, 2.05) is 6.92 Å². The molecule has 0 saturated carbocycles. The summed E-state index contributed by atoms with van der Waals surface area (Å²) in [6.45, 7) is 9.49. The predicted octanol–water partition coefficient (Wildman–Crippen LogP) is 1.65. The molecule has 0 aliphatic carbocycles. The summed E-state index contributed by atoms with van der Waals surface area (Å²) in [6.07, 6.45) is 3.63. The number of hydrogen-bond acceptors (Lipinski definition) is 4. The summed E-state index contributed by atoms with van der Waals surface area (Å²) in [6, 6.07) is 0.823. The zero-order valence-electron chi connectivity index (χ0n) is 12.2. The Morgan fingerprint density at radius 1 is 1.50 bits per heavy atom. The molecule has 1 heterocycles. The van der Waals surface area contributed by atoms with E-state index >= 15 is 0 Å². The lowest BCUT2D eigenvalue weighted by atomic mass is 10.0. The molecule has 3 unspecified atom stereocenters. The molecule has 0 spiro atoms. The molecule has 1 N–H and O–H groups in total. The Morgan fingerprint density at radius 2 is 2.22 bits per heavy atom. The lowest BCUT2D eigenvalue weighted by Crippen LogP contribution is -2.46. The highest BCUT2D eigenvalue weighted by Crippen LogP contribution is 2.16. The average molecular weight is 256 g/mol. The molecule has 4 heteroatoms. The van der Waals surface area contributed by atoms with Gasteiger partial charge < -0.3 is 10.1 Å². The minimum Gasteiger partial charge on any atom is -0.469 e. The molecule has 106 valence electrons. The Morgan fingerprint density at radius 3 is 2.72 bits per heavy atom. The summed E-state index contributed by atoms with van der Waals surface area (Å²) in [7, 11) is 1.47. The first-order valence-corrected chi connectivity index (χ1v) is 7.15. The summed E-state index contributed by atoms with van der Waals surface area (Å²) < 4.78 is 4.85. The van der Waals surface area contributed by atoms with Crippen molar-refractivity contribution in [2.24, 2.45) is 5.92 Å². The van der Waals surface area contributed by atoms with Crippen LogP contribution in [-0.4, -0.2) is 49.7 Å². The fourth-order valence-electron chi connectivity index (χ4n) is 2.64. The maximum Gasteiger partial charge on any atom is 0.309 e. The van der Waals surface area contributed by atoms with Gasteiger partial charge in [-0.25, -0.2) is 0 Å². The van der Waals surface area contributed by atoms with Gasteiger partial charge in [-0.1, -0.05) is 13.8 Å². The molecule has 4 nitrogen and oxygen atoms in total. The van der Waals surface area contributed by atoms with Crippen molar-refractivity contribution in [1.82, 2.24) is 10.2 Å². The Labute approximate surface area is 111 Å². The summed E-state index contributed by atoms with van der Waals surface area (Å²) in [5.74, 6) is -0.175. The van der Waals surface area contributed by atoms with E-state index in [0.717, 1.165) is 26.1 Å². The topological polar surface area (TPSA) is 41.6 Å². The third kappa shape index (κ3) is 4.25. The number of ether oxygens (including phenoxy) is 1. The van der Waals surface area contributed by atoms with Crippen molar-refractivity contribution >= 4 is 5.97 Å². The van der Waals surface area contributed by atoms with Crippen molar-refractivity contribution in [2.45, 2.75) is 52.1 Å². The smallest absolute Gasteiger partial charge is 0.309 e. The van der Waals surface area contributed by atoms with Crippen molar-refractivity contribution in [2.75, 3.05) is 26.7 Å². The first-order valence-electron chi connectivity index (χ1n) is 7.15. The third-order valence-corrected chi connectivity index (χ3v) is 4.00. The minimum atomic E-state index is -0.108. The van der Waals surface area contributed by atoms with Crippen LogP contribution >= 0.6 is 0 Å². The number of nitrogens with zero attached hydrogens (tertiary/aromatic N) is 1. The van der Waals surface area contributed by atoms with Gasteiger partial charge in [0.25, 0.3) is 0 Å². The molecule has 0 bridgehead atoms. The normalized spacial score (nSPS) is 23.1. The van der Waals surface area contributed by atoms with E-state index in [9.17, 15) is 4.79 Å². The van der Waals surface area contributed by atoms with Crippen molar-refractivity contribution in [1.29, 1.82) is 0 Å². The van der Waals surface area contributed by atoms with Gasteiger partial charge in [0.05, 0.1) is 13.0 Å². The van der Waals surface area contributed by atoms with Gasteiger partial charge in [-0.05, 0) is 39.3 Å². The van der Waals surface area contributed by atoms with Crippen LogP contribution in [0.1, 0.15) is 40.0 Å². The Hall–Kier alpha value is -0.610. The maximum atomic E-state index is 11.6. The van der Waals surface area contributed by atoms with Crippen LogP contribution in [0.2, 0.25) is 0 Å². The number of nitrogens with one attached hydrogen (secondary N) is 1. The Kier molecular flexibility index (Phi) is 6.65. The Bertz CT molecular complexity index is 252. The second kappa shape index (κ2) is 7.74. The standard InChI is InChI=1S/C14H28N2O2/c1-5-9-16(10-13-7-6-8-15-13)12(3)11(2)14(17)18-4/h11-13,15H,5-10H2,1-4H3. The van der Waals surface area contributed by atoms with Crippen LogP contribution in [-0.2, 0) is 9.53 Å². The van der Waals surface area contributed by atoms with E-state index in [2.05, 4.69) is 24.1 Å². The van der Waals surface area contributed by atoms with Crippen molar-refractivity contribution in [3.63, 3.8) is 0 Å². The average Bonchev–Trinajstić information content (AvgIpc) is 2.88. The second-order valence-corrected chi connectivity index (χ2v) is 5.34. The van der Waals surface area contributed by atoms with Crippen molar-refractivity contribution in [3.05, 3.63) is 0 Å². The first-order chi connectivity index (χ1) is 8.60. The molecule has 1 aliphatic heterocycles. The van der Waals surface area contributed by atoms with Gasteiger partial charge in [-0.2, -0.15) is 0 Å². The molecular weight excluding hydrogens is 228 g/mol. The monoisotopic (exact) mass is 256 g/mol. The van der Waals surface area contributed by atoms with E-state index in [4.69, 9.17) is 4.74 Å². The Balaban J connectivity index is 2.55. The fourth-order valence-corrected chi connectivity index (χ4v) is 2.64. The molecule has 0 amide bonds. The summed E-state index contributed by atoms with van der Waals surface area (Å²) in [4.78, 5) is 14.1. The molecule has 0 radical (unpaired) electrons. The van der Waals surface area contributed by atoms with E-state index < -0.39 is 0 Å². The quantitative estimate of drug-likeness (QED) is 0.703. The van der Waals surface area contributed by atoms with E-state index in [1.54, 1.807) is 0 Å². The van der Waals surface area contributed by atoms with Gasteiger partial charge in [0.1, 0.15) is 0 Å². The van der Waals surface area contributed by atoms with Gasteiger partial charge >= 0.3 is 5.97 Å². The van der Waals surface area contributed by atoms with E-state index in [1.165, 1.54) is 20.0 Å². The molecule has 1 fully saturated rings. The van der Waals surface area contributed by atoms with Crippen LogP contribution in [0, 0.1) is 5.92 Å². The molecule has 1 aliphatic rings. The molecule has 18 heavy (non-hydrogen) atoms. The number of hydrogen-bond donors (Lipinski definition) is 1. The lowest BCUT2D eigenvalue weighted by Gasteiger charge is -2.33. The van der Waals surface area contributed by atoms with E-state index in [-0.39, 0.29) is 17.9 Å². The number of esters is 1. The van der Waals surface area contributed by atoms with Crippen LogP contribution in [0.4, 0.5) is 0 Å². The predicted molar refractivity (Wildman–Crippen MR) is 73.5 cm³/mol. The number of rotatable bonds is 7. The molecule has 1 rings (SSSR count). The fraction of sp³-hybridized carbons (Fsp3) is 0.929. The molecule has 3 atom stereocenters. The van der Waals surface area contributed by atoms with Gasteiger partial charge in [0.15, 0.2) is 0 Å².